The van der Waals surface area contributed by atoms with Crippen molar-refractivity contribution in [3.63, 3.8) is 0 Å². The third-order valence-corrected chi connectivity index (χ3v) is 4.95. The summed E-state index contributed by atoms with van der Waals surface area (Å²) >= 11 is 12.0. The standard InChI is InChI=1S/C15H16Cl2O3/c1-3-19-13(18)15-7-14(2,8-15)20-12(15)9-4-5-10(16)11(17)6-9/h4-6,12H,3,7-8H2,1-2H3. The van der Waals surface area contributed by atoms with Crippen LogP contribution in [0.3, 0.4) is 0 Å². The van der Waals surface area contributed by atoms with Crippen LogP contribution < -0.4 is 0 Å². The molecule has 1 aromatic carbocycles. The van der Waals surface area contributed by atoms with Crippen LogP contribution in [-0.2, 0) is 14.3 Å². The molecule has 1 aliphatic carbocycles. The molecule has 4 rings (SSSR count). The highest BCUT2D eigenvalue weighted by Crippen LogP contribution is 2.67. The van der Waals surface area contributed by atoms with Crippen LogP contribution in [0.1, 0.15) is 38.4 Å². The Kier molecular flexibility index (Phi) is 3.27. The number of fused-ring (bicyclic) bond motifs is 1. The fraction of sp³-hybridized carbons (Fsp3) is 0.533. The van der Waals surface area contributed by atoms with Crippen LogP contribution in [0.15, 0.2) is 18.2 Å². The highest BCUT2D eigenvalue weighted by Gasteiger charge is 2.70. The molecule has 20 heavy (non-hydrogen) atoms. The minimum atomic E-state index is -0.568. The van der Waals surface area contributed by atoms with Gasteiger partial charge in [0.1, 0.15) is 5.41 Å². The molecule has 2 bridgehead atoms. The van der Waals surface area contributed by atoms with Crippen molar-refractivity contribution in [1.29, 1.82) is 0 Å². The highest BCUT2D eigenvalue weighted by molar-refractivity contribution is 6.42. The van der Waals surface area contributed by atoms with Gasteiger partial charge in [-0.3, -0.25) is 4.79 Å². The van der Waals surface area contributed by atoms with Gasteiger partial charge < -0.3 is 9.47 Å². The van der Waals surface area contributed by atoms with Crippen molar-refractivity contribution in [2.45, 2.75) is 38.4 Å². The van der Waals surface area contributed by atoms with E-state index in [-0.39, 0.29) is 17.7 Å². The molecule has 1 unspecified atom stereocenters. The van der Waals surface area contributed by atoms with Gasteiger partial charge in [-0.1, -0.05) is 29.3 Å². The number of hydrogen-bond acceptors (Lipinski definition) is 3. The largest absolute Gasteiger partial charge is 0.465 e. The molecule has 5 heteroatoms. The first-order valence-corrected chi connectivity index (χ1v) is 7.46. The summed E-state index contributed by atoms with van der Waals surface area (Å²) in [6.07, 6.45) is 1.09. The molecule has 1 saturated carbocycles. The average molecular weight is 315 g/mol. The van der Waals surface area contributed by atoms with E-state index >= 15 is 0 Å². The van der Waals surface area contributed by atoms with Gasteiger partial charge in [0.05, 0.1) is 28.4 Å². The van der Waals surface area contributed by atoms with E-state index in [2.05, 4.69) is 0 Å². The van der Waals surface area contributed by atoms with Gasteiger partial charge in [-0.15, -0.1) is 0 Å². The fourth-order valence-electron chi connectivity index (χ4n) is 3.54. The van der Waals surface area contributed by atoms with Crippen LogP contribution in [0, 0.1) is 5.41 Å². The second-order valence-corrected chi connectivity index (χ2v) is 6.67. The normalized spacial score (nSPS) is 34.7. The average Bonchev–Trinajstić information content (AvgIpc) is 2.82. The summed E-state index contributed by atoms with van der Waals surface area (Å²) in [5.41, 5.74) is 0.0829. The van der Waals surface area contributed by atoms with Crippen molar-refractivity contribution in [3.05, 3.63) is 33.8 Å². The van der Waals surface area contributed by atoms with Crippen LogP contribution >= 0.6 is 23.2 Å². The second-order valence-electron chi connectivity index (χ2n) is 5.85. The molecule has 0 amide bonds. The molecule has 0 radical (unpaired) electrons. The summed E-state index contributed by atoms with van der Waals surface area (Å²) in [4.78, 5) is 12.3. The van der Waals surface area contributed by atoms with E-state index in [1.807, 2.05) is 19.9 Å². The number of ether oxygens (including phenoxy) is 2. The van der Waals surface area contributed by atoms with Crippen LogP contribution in [0.25, 0.3) is 0 Å². The Hall–Kier alpha value is -0.770. The lowest BCUT2D eigenvalue weighted by atomic mass is 9.60. The zero-order valence-electron chi connectivity index (χ0n) is 11.4. The van der Waals surface area contributed by atoms with E-state index in [1.165, 1.54) is 0 Å². The summed E-state index contributed by atoms with van der Waals surface area (Å²) < 4.78 is 11.3. The molecular weight excluding hydrogens is 299 g/mol. The van der Waals surface area contributed by atoms with Gasteiger partial charge in [0.25, 0.3) is 0 Å². The Morgan fingerprint density at radius 2 is 2.10 bits per heavy atom. The van der Waals surface area contributed by atoms with Gasteiger partial charge in [0.15, 0.2) is 0 Å². The van der Waals surface area contributed by atoms with E-state index in [0.717, 1.165) is 5.56 Å². The van der Waals surface area contributed by atoms with E-state index in [9.17, 15) is 4.79 Å². The van der Waals surface area contributed by atoms with E-state index in [0.29, 0.717) is 29.5 Å². The lowest BCUT2D eigenvalue weighted by molar-refractivity contribution is -0.161. The lowest BCUT2D eigenvalue weighted by Crippen LogP contribution is -2.48. The van der Waals surface area contributed by atoms with Crippen LogP contribution in [0.2, 0.25) is 10.0 Å². The SMILES string of the molecule is CCOC(=O)C12CC(C)(C1)OC2c1ccc(Cl)c(Cl)c1. The number of benzene rings is 1. The molecule has 1 aromatic rings. The third-order valence-electron chi connectivity index (χ3n) is 4.21. The van der Waals surface area contributed by atoms with Crippen molar-refractivity contribution >= 4 is 29.2 Å². The van der Waals surface area contributed by atoms with Gasteiger partial charge in [-0.05, 0) is 44.4 Å². The highest BCUT2D eigenvalue weighted by atomic mass is 35.5. The van der Waals surface area contributed by atoms with Gasteiger partial charge in [0.2, 0.25) is 0 Å². The van der Waals surface area contributed by atoms with Crippen molar-refractivity contribution in [1.82, 2.24) is 0 Å². The second kappa shape index (κ2) is 4.62. The Labute approximate surface area is 128 Å². The maximum Gasteiger partial charge on any atom is 0.315 e. The Balaban J connectivity index is 1.96. The third kappa shape index (κ3) is 1.95. The minimum absolute atomic E-state index is 0.175. The molecule has 3 fully saturated rings. The fourth-order valence-corrected chi connectivity index (χ4v) is 3.84. The Bertz CT molecular complexity index is 564. The number of carbonyl (C=O) groups is 1. The molecule has 2 heterocycles. The summed E-state index contributed by atoms with van der Waals surface area (Å²) in [6, 6.07) is 5.38. The smallest absolute Gasteiger partial charge is 0.315 e. The van der Waals surface area contributed by atoms with Crippen molar-refractivity contribution in [3.8, 4) is 0 Å². The topological polar surface area (TPSA) is 35.5 Å². The Morgan fingerprint density at radius 1 is 1.40 bits per heavy atom. The first kappa shape index (κ1) is 14.2. The summed E-state index contributed by atoms with van der Waals surface area (Å²) in [7, 11) is 0. The number of esters is 1. The molecule has 0 N–H and O–H groups in total. The molecule has 108 valence electrons. The van der Waals surface area contributed by atoms with Crippen LogP contribution in [0.4, 0.5) is 0 Å². The summed E-state index contributed by atoms with van der Waals surface area (Å²) in [5, 5.41) is 0.971. The minimum Gasteiger partial charge on any atom is -0.465 e. The molecule has 0 spiro atoms. The van der Waals surface area contributed by atoms with Crippen molar-refractivity contribution < 1.29 is 14.3 Å². The van der Waals surface area contributed by atoms with E-state index < -0.39 is 5.41 Å². The summed E-state index contributed by atoms with van der Waals surface area (Å²) in [5.74, 6) is -0.175. The van der Waals surface area contributed by atoms with Gasteiger partial charge in [-0.25, -0.2) is 0 Å². The van der Waals surface area contributed by atoms with Gasteiger partial charge in [-0.2, -0.15) is 0 Å². The van der Waals surface area contributed by atoms with Crippen molar-refractivity contribution in [2.24, 2.45) is 5.41 Å². The van der Waals surface area contributed by atoms with Crippen LogP contribution in [0.5, 0.6) is 0 Å². The number of carbonyl (C=O) groups excluding carboxylic acids is 1. The monoisotopic (exact) mass is 314 g/mol. The number of halogens is 2. The van der Waals surface area contributed by atoms with Gasteiger partial charge >= 0.3 is 5.97 Å². The predicted molar refractivity (Wildman–Crippen MR) is 77.0 cm³/mol. The first-order chi connectivity index (χ1) is 9.40. The maximum absolute atomic E-state index is 12.3. The summed E-state index contributed by atoms with van der Waals surface area (Å²) in [6.45, 7) is 4.23. The quantitative estimate of drug-likeness (QED) is 0.786. The zero-order chi connectivity index (χ0) is 14.5. The van der Waals surface area contributed by atoms with Crippen molar-refractivity contribution in [2.75, 3.05) is 6.61 Å². The molecule has 1 atom stereocenters. The maximum atomic E-state index is 12.3. The number of hydrogen-bond donors (Lipinski definition) is 0. The molecular formula is C15H16Cl2O3. The van der Waals surface area contributed by atoms with Crippen LogP contribution in [-0.4, -0.2) is 18.2 Å². The molecule has 0 aromatic heterocycles. The first-order valence-electron chi connectivity index (χ1n) is 6.70. The lowest BCUT2D eigenvalue weighted by Gasteiger charge is -2.41. The molecule has 3 aliphatic rings. The molecule has 3 nitrogen and oxygen atoms in total. The molecule has 2 aliphatic heterocycles. The van der Waals surface area contributed by atoms with E-state index in [1.54, 1.807) is 12.1 Å². The van der Waals surface area contributed by atoms with E-state index in [4.69, 9.17) is 32.7 Å². The Morgan fingerprint density at radius 3 is 2.70 bits per heavy atom. The molecule has 2 saturated heterocycles. The zero-order valence-corrected chi connectivity index (χ0v) is 12.9. The predicted octanol–water partition coefficient (Wildman–Crippen LogP) is 4.17. The number of rotatable bonds is 3. The van der Waals surface area contributed by atoms with Gasteiger partial charge in [0, 0.05) is 0 Å².